The van der Waals surface area contributed by atoms with Crippen molar-refractivity contribution in [3.63, 3.8) is 0 Å². The highest BCUT2D eigenvalue weighted by atomic mass is 16.6. The van der Waals surface area contributed by atoms with Crippen LogP contribution in [0.4, 0.5) is 4.79 Å². The molecule has 2 rings (SSSR count). The number of rotatable bonds is 14. The van der Waals surface area contributed by atoms with E-state index in [1.54, 1.807) is 49.9 Å². The maximum Gasteiger partial charge on any atom is 0.408 e. The van der Waals surface area contributed by atoms with Crippen molar-refractivity contribution in [2.75, 3.05) is 0 Å². The van der Waals surface area contributed by atoms with E-state index in [9.17, 15) is 19.5 Å². The molecular weight excluding hydrogens is 554 g/mol. The van der Waals surface area contributed by atoms with Crippen LogP contribution in [-0.2, 0) is 20.7 Å². The molecule has 0 bridgehead atoms. The van der Waals surface area contributed by atoms with Gasteiger partial charge in [-0.1, -0.05) is 63.1 Å². The van der Waals surface area contributed by atoms with Crippen LogP contribution < -0.4 is 10.6 Å². The highest BCUT2D eigenvalue weighted by molar-refractivity contribution is 5.93. The predicted molar refractivity (Wildman–Crippen MR) is 177 cm³/mol. The third-order valence-electron chi connectivity index (χ3n) is 7.62. The van der Waals surface area contributed by atoms with E-state index in [0.29, 0.717) is 12.3 Å². The first kappa shape index (κ1) is 36.6. The summed E-state index contributed by atoms with van der Waals surface area (Å²) >= 11 is 0. The zero-order valence-corrected chi connectivity index (χ0v) is 28.5. The van der Waals surface area contributed by atoms with Gasteiger partial charge in [0.2, 0.25) is 11.8 Å². The number of hydrogen-bond acceptors (Lipinski definition) is 5. The van der Waals surface area contributed by atoms with Gasteiger partial charge in [-0.2, -0.15) is 0 Å². The summed E-state index contributed by atoms with van der Waals surface area (Å²) in [5.74, 6) is -0.109. The van der Waals surface area contributed by atoms with Crippen molar-refractivity contribution < 1.29 is 24.2 Å². The van der Waals surface area contributed by atoms with Crippen molar-refractivity contribution >= 4 is 17.9 Å². The topological polar surface area (TPSA) is 108 Å². The molecule has 0 aliphatic carbocycles. The number of phenols is 1. The van der Waals surface area contributed by atoms with E-state index in [1.807, 2.05) is 45.9 Å². The van der Waals surface area contributed by atoms with Crippen molar-refractivity contribution in [3.05, 3.63) is 64.7 Å². The lowest BCUT2D eigenvalue weighted by Crippen LogP contribution is -2.56. The number of aryl methyl sites for hydroxylation is 2. The lowest BCUT2D eigenvalue weighted by Gasteiger charge is -2.40. The Morgan fingerprint density at radius 2 is 1.55 bits per heavy atom. The van der Waals surface area contributed by atoms with E-state index in [-0.39, 0.29) is 36.1 Å². The average Bonchev–Trinajstić information content (AvgIpc) is 2.91. The fraction of sp³-hybridized carbons (Fsp3) is 0.583. The Hall–Kier alpha value is -3.55. The van der Waals surface area contributed by atoms with Crippen LogP contribution in [-0.4, -0.2) is 51.6 Å². The third kappa shape index (κ3) is 11.5. The number of amides is 3. The molecule has 2 aromatic carbocycles. The maximum absolute atomic E-state index is 14.9. The van der Waals surface area contributed by atoms with Gasteiger partial charge in [0.25, 0.3) is 0 Å². The predicted octanol–water partition coefficient (Wildman–Crippen LogP) is 7.14. The second kappa shape index (κ2) is 16.5. The zero-order chi connectivity index (χ0) is 33.2. The molecule has 0 radical (unpaired) electrons. The molecule has 0 aromatic heterocycles. The maximum atomic E-state index is 14.9. The van der Waals surface area contributed by atoms with Crippen LogP contribution in [0.5, 0.6) is 5.75 Å². The van der Waals surface area contributed by atoms with Crippen LogP contribution in [0.2, 0.25) is 0 Å². The van der Waals surface area contributed by atoms with Crippen LogP contribution in [0.25, 0.3) is 0 Å². The van der Waals surface area contributed by atoms with Gasteiger partial charge in [-0.15, -0.1) is 0 Å². The van der Waals surface area contributed by atoms with Gasteiger partial charge in [-0.05, 0) is 102 Å². The highest BCUT2D eigenvalue weighted by Gasteiger charge is 2.40. The van der Waals surface area contributed by atoms with Crippen molar-refractivity contribution in [1.82, 2.24) is 15.5 Å². The first-order valence-corrected chi connectivity index (χ1v) is 16.0. The molecular formula is C36H55N3O5. The summed E-state index contributed by atoms with van der Waals surface area (Å²) in [5, 5.41) is 15.8. The summed E-state index contributed by atoms with van der Waals surface area (Å²) in [4.78, 5) is 43.9. The number of carbonyl (C=O) groups is 3. The Morgan fingerprint density at radius 3 is 2.11 bits per heavy atom. The van der Waals surface area contributed by atoms with Crippen LogP contribution in [0.15, 0.2) is 42.5 Å². The van der Waals surface area contributed by atoms with Crippen LogP contribution in [0.1, 0.15) is 109 Å². The number of ether oxygens (including phenoxy) is 1. The summed E-state index contributed by atoms with van der Waals surface area (Å²) in [6, 6.07) is 10.2. The van der Waals surface area contributed by atoms with Crippen molar-refractivity contribution in [1.29, 1.82) is 0 Å². The van der Waals surface area contributed by atoms with Gasteiger partial charge in [0.15, 0.2) is 0 Å². The minimum Gasteiger partial charge on any atom is -0.508 e. The van der Waals surface area contributed by atoms with Crippen LogP contribution in [0, 0.1) is 19.8 Å². The fourth-order valence-electron chi connectivity index (χ4n) is 5.31. The largest absolute Gasteiger partial charge is 0.508 e. The Kier molecular flexibility index (Phi) is 13.7. The molecule has 44 heavy (non-hydrogen) atoms. The SMILES string of the molecule is CCCC(C)NC(=O)C(c1cc(C)ccc1C)N(C(=O)C(Cc1ccc(O)cc1)NC(=O)OC(C)(C)C)C(C)CCC(C)C. The highest BCUT2D eigenvalue weighted by Crippen LogP contribution is 2.31. The molecule has 0 spiro atoms. The third-order valence-corrected chi connectivity index (χ3v) is 7.62. The molecule has 0 aliphatic heterocycles. The first-order chi connectivity index (χ1) is 20.5. The molecule has 0 aliphatic rings. The van der Waals surface area contributed by atoms with E-state index < -0.39 is 23.8 Å². The normalized spacial score (nSPS) is 14.3. The number of alkyl carbamates (subject to hydrolysis) is 1. The summed E-state index contributed by atoms with van der Waals surface area (Å²) in [6.45, 7) is 19.5. The van der Waals surface area contributed by atoms with E-state index in [4.69, 9.17) is 4.74 Å². The minimum absolute atomic E-state index is 0.0734. The molecule has 4 unspecified atom stereocenters. The number of nitrogens with one attached hydrogen (secondary N) is 2. The van der Waals surface area contributed by atoms with Gasteiger partial charge in [-0.3, -0.25) is 9.59 Å². The molecule has 0 fully saturated rings. The lowest BCUT2D eigenvalue weighted by atomic mass is 9.92. The van der Waals surface area contributed by atoms with Gasteiger partial charge >= 0.3 is 6.09 Å². The molecule has 8 nitrogen and oxygen atoms in total. The summed E-state index contributed by atoms with van der Waals surface area (Å²) < 4.78 is 5.56. The summed E-state index contributed by atoms with van der Waals surface area (Å²) in [6.07, 6.45) is 2.71. The van der Waals surface area contributed by atoms with Crippen molar-refractivity contribution in [3.8, 4) is 5.75 Å². The molecule has 3 N–H and O–H groups in total. The molecule has 0 heterocycles. The number of benzene rings is 2. The minimum atomic E-state index is -1.02. The smallest absolute Gasteiger partial charge is 0.408 e. The molecule has 0 saturated heterocycles. The summed E-state index contributed by atoms with van der Waals surface area (Å²) in [7, 11) is 0. The molecule has 3 amide bonds. The Balaban J connectivity index is 2.71. The standard InChI is InChI=1S/C36H55N3O5/c1-11-12-26(6)37-33(41)32(30-21-24(4)14-15-25(30)5)39(27(7)16-13-23(2)3)34(42)31(38-35(43)44-36(8,9)10)22-28-17-19-29(40)20-18-28/h14-15,17-21,23,26-27,31-32,40H,11-13,16,22H2,1-10H3,(H,37,41)(H,38,43). The van der Waals surface area contributed by atoms with E-state index >= 15 is 0 Å². The average molecular weight is 610 g/mol. The number of phenolic OH excluding ortho intramolecular Hbond substituents is 1. The van der Waals surface area contributed by atoms with Crippen LogP contribution in [0.3, 0.4) is 0 Å². The van der Waals surface area contributed by atoms with Crippen molar-refractivity contribution in [2.45, 2.75) is 131 Å². The van der Waals surface area contributed by atoms with Gasteiger partial charge in [-0.25, -0.2) is 4.79 Å². The Labute approximate surface area is 264 Å². The van der Waals surface area contributed by atoms with Gasteiger partial charge in [0, 0.05) is 18.5 Å². The summed E-state index contributed by atoms with van der Waals surface area (Å²) in [5.41, 5.74) is 2.63. The molecule has 0 saturated carbocycles. The zero-order valence-electron chi connectivity index (χ0n) is 28.5. The number of aromatic hydroxyl groups is 1. The lowest BCUT2D eigenvalue weighted by molar-refractivity contribution is -0.145. The quantitative estimate of drug-likeness (QED) is 0.211. The first-order valence-electron chi connectivity index (χ1n) is 16.0. The van der Waals surface area contributed by atoms with E-state index in [1.165, 1.54) is 0 Å². The molecule has 2 aromatic rings. The molecule has 8 heteroatoms. The van der Waals surface area contributed by atoms with E-state index in [0.717, 1.165) is 41.5 Å². The Morgan fingerprint density at radius 1 is 0.909 bits per heavy atom. The number of nitrogens with zero attached hydrogens (tertiary/aromatic N) is 1. The van der Waals surface area contributed by atoms with E-state index in [2.05, 4.69) is 31.4 Å². The van der Waals surface area contributed by atoms with Gasteiger partial charge in [0.05, 0.1) is 0 Å². The fourth-order valence-corrected chi connectivity index (χ4v) is 5.31. The van der Waals surface area contributed by atoms with Crippen molar-refractivity contribution in [2.24, 2.45) is 5.92 Å². The number of carbonyl (C=O) groups excluding carboxylic acids is 3. The molecule has 244 valence electrons. The van der Waals surface area contributed by atoms with Crippen LogP contribution >= 0.6 is 0 Å². The van der Waals surface area contributed by atoms with Gasteiger partial charge < -0.3 is 25.4 Å². The molecule has 4 atom stereocenters. The van der Waals surface area contributed by atoms with Gasteiger partial charge in [0.1, 0.15) is 23.4 Å². The second-order valence-electron chi connectivity index (χ2n) is 13.6. The number of hydrogen-bond donors (Lipinski definition) is 3. The second-order valence-corrected chi connectivity index (χ2v) is 13.6. The Bertz CT molecular complexity index is 1240. The monoisotopic (exact) mass is 609 g/mol.